The maximum absolute atomic E-state index is 10.2. The van der Waals surface area contributed by atoms with Crippen LogP contribution in [0, 0.1) is 11.8 Å². The molecule has 0 aromatic rings. The number of cyclic esters (lactones) is 1. The number of carbonyl (C=O) groups is 1. The number of allylic oxidation sites excluding steroid dienone is 1. The van der Waals surface area contributed by atoms with E-state index in [2.05, 4.69) is 18.2 Å². The molecule has 0 N–H and O–H groups in total. The summed E-state index contributed by atoms with van der Waals surface area (Å²) in [6.45, 7) is 9.43. The van der Waals surface area contributed by atoms with Crippen molar-refractivity contribution in [3.63, 3.8) is 0 Å². The molecular formula is C12H20O3. The highest BCUT2D eigenvalue weighted by atomic mass is 16.5. The van der Waals surface area contributed by atoms with Crippen LogP contribution in [-0.2, 0) is 14.3 Å². The van der Waals surface area contributed by atoms with Gasteiger partial charge in [0.15, 0.2) is 0 Å². The molecule has 2 unspecified atom stereocenters. The summed E-state index contributed by atoms with van der Waals surface area (Å²) in [7, 11) is 0. The van der Waals surface area contributed by atoms with Crippen LogP contribution in [0.5, 0.6) is 0 Å². The van der Waals surface area contributed by atoms with Crippen molar-refractivity contribution >= 4 is 5.97 Å². The second-order valence-electron chi connectivity index (χ2n) is 4.49. The van der Waals surface area contributed by atoms with E-state index in [4.69, 9.17) is 4.74 Å². The molecule has 2 fully saturated rings. The highest BCUT2D eigenvalue weighted by Crippen LogP contribution is 2.18. The van der Waals surface area contributed by atoms with Gasteiger partial charge in [-0.3, -0.25) is 4.79 Å². The number of carbonyl (C=O) groups excluding carboxylic acids is 1. The average Bonchev–Trinajstić information content (AvgIpc) is 2.56. The monoisotopic (exact) mass is 212 g/mol. The molecule has 0 aliphatic carbocycles. The third-order valence-corrected chi connectivity index (χ3v) is 2.53. The molecule has 2 aliphatic rings. The van der Waals surface area contributed by atoms with Crippen LogP contribution in [0.2, 0.25) is 0 Å². The van der Waals surface area contributed by atoms with Gasteiger partial charge in [-0.2, -0.15) is 0 Å². The first-order chi connectivity index (χ1) is 7.08. The third-order valence-electron chi connectivity index (χ3n) is 2.53. The summed E-state index contributed by atoms with van der Waals surface area (Å²) in [5.74, 6) is 2.10. The van der Waals surface area contributed by atoms with E-state index < -0.39 is 0 Å². The molecule has 86 valence electrons. The molecule has 3 heteroatoms. The summed E-state index contributed by atoms with van der Waals surface area (Å²) >= 11 is 0. The van der Waals surface area contributed by atoms with Crippen molar-refractivity contribution < 1.29 is 14.3 Å². The summed E-state index contributed by atoms with van der Waals surface area (Å²) in [6.07, 6.45) is 2.92. The Morgan fingerprint density at radius 1 is 1.20 bits per heavy atom. The Hall–Kier alpha value is -0.990. The normalized spacial score (nSPS) is 30.0. The first-order valence-corrected chi connectivity index (χ1v) is 5.54. The predicted octanol–water partition coefficient (Wildman–Crippen LogP) is 2.52. The van der Waals surface area contributed by atoms with Gasteiger partial charge in [0, 0.05) is 12.3 Å². The van der Waals surface area contributed by atoms with Crippen molar-refractivity contribution in [1.82, 2.24) is 0 Å². The standard InChI is InChI=1S/C7H12O.C5H8O2/c1-6-3-4-7(2)8-5-6;1-4-2-5(6)7-3-4/h6H,2-5H2,1H3;4H,2-3H2,1H3. The highest BCUT2D eigenvalue weighted by Gasteiger charge is 2.18. The molecule has 0 saturated carbocycles. The Balaban J connectivity index is 0.000000151. The van der Waals surface area contributed by atoms with Gasteiger partial charge < -0.3 is 9.47 Å². The highest BCUT2D eigenvalue weighted by molar-refractivity contribution is 5.71. The van der Waals surface area contributed by atoms with Gasteiger partial charge in [-0.1, -0.05) is 20.4 Å². The zero-order chi connectivity index (χ0) is 11.3. The second kappa shape index (κ2) is 5.79. The first-order valence-electron chi connectivity index (χ1n) is 5.54. The fraction of sp³-hybridized carbons (Fsp3) is 0.750. The summed E-state index contributed by atoms with van der Waals surface area (Å²) in [6, 6.07) is 0. The van der Waals surface area contributed by atoms with Crippen LogP contribution in [0.1, 0.15) is 33.1 Å². The van der Waals surface area contributed by atoms with E-state index in [1.807, 2.05) is 6.92 Å². The fourth-order valence-electron chi connectivity index (χ4n) is 1.46. The van der Waals surface area contributed by atoms with Gasteiger partial charge in [-0.25, -0.2) is 0 Å². The topological polar surface area (TPSA) is 35.5 Å². The number of rotatable bonds is 0. The molecule has 2 saturated heterocycles. The minimum Gasteiger partial charge on any atom is -0.498 e. The maximum Gasteiger partial charge on any atom is 0.306 e. The summed E-state index contributed by atoms with van der Waals surface area (Å²) < 4.78 is 9.82. The van der Waals surface area contributed by atoms with E-state index in [0.29, 0.717) is 18.9 Å². The van der Waals surface area contributed by atoms with Crippen LogP contribution in [0.25, 0.3) is 0 Å². The molecule has 3 nitrogen and oxygen atoms in total. The lowest BCUT2D eigenvalue weighted by Crippen LogP contribution is -2.11. The Morgan fingerprint density at radius 2 is 1.87 bits per heavy atom. The molecule has 2 aliphatic heterocycles. The summed E-state index contributed by atoms with van der Waals surface area (Å²) in [4.78, 5) is 10.2. The Bertz CT molecular complexity index is 225. The van der Waals surface area contributed by atoms with E-state index >= 15 is 0 Å². The number of ether oxygens (including phenoxy) is 2. The number of esters is 1. The van der Waals surface area contributed by atoms with Crippen LogP contribution in [0.3, 0.4) is 0 Å². The van der Waals surface area contributed by atoms with Crippen LogP contribution < -0.4 is 0 Å². The van der Waals surface area contributed by atoms with E-state index in [0.717, 1.165) is 24.7 Å². The molecule has 0 aromatic carbocycles. The molecule has 0 amide bonds. The minimum atomic E-state index is -0.0486. The summed E-state index contributed by atoms with van der Waals surface area (Å²) in [5.41, 5.74) is 0. The lowest BCUT2D eigenvalue weighted by atomic mass is 10.0. The molecule has 2 rings (SSSR count). The van der Waals surface area contributed by atoms with Crippen LogP contribution in [0.15, 0.2) is 12.3 Å². The van der Waals surface area contributed by atoms with Gasteiger partial charge in [0.05, 0.1) is 25.4 Å². The summed E-state index contributed by atoms with van der Waals surface area (Å²) in [5, 5.41) is 0. The van der Waals surface area contributed by atoms with Gasteiger partial charge in [0.2, 0.25) is 0 Å². The van der Waals surface area contributed by atoms with Crippen molar-refractivity contribution in [1.29, 1.82) is 0 Å². The first kappa shape index (κ1) is 12.1. The molecule has 0 bridgehead atoms. The Morgan fingerprint density at radius 3 is 2.13 bits per heavy atom. The molecule has 2 atom stereocenters. The van der Waals surface area contributed by atoms with Crippen molar-refractivity contribution in [2.75, 3.05) is 13.2 Å². The zero-order valence-electron chi connectivity index (χ0n) is 9.62. The van der Waals surface area contributed by atoms with Gasteiger partial charge in [-0.05, 0) is 12.3 Å². The largest absolute Gasteiger partial charge is 0.498 e. The molecular weight excluding hydrogens is 192 g/mol. The minimum absolute atomic E-state index is 0.0486. The lowest BCUT2D eigenvalue weighted by molar-refractivity contribution is -0.137. The molecule has 15 heavy (non-hydrogen) atoms. The second-order valence-corrected chi connectivity index (χ2v) is 4.49. The van der Waals surface area contributed by atoms with Crippen molar-refractivity contribution in [3.8, 4) is 0 Å². The SMILES string of the molecule is C=C1CCC(C)CO1.CC1COC(=O)C1. The van der Waals surface area contributed by atoms with Crippen LogP contribution >= 0.6 is 0 Å². The molecule has 2 heterocycles. The number of hydrogen-bond acceptors (Lipinski definition) is 3. The predicted molar refractivity (Wildman–Crippen MR) is 58.2 cm³/mol. The zero-order valence-corrected chi connectivity index (χ0v) is 9.62. The Labute approximate surface area is 91.4 Å². The van der Waals surface area contributed by atoms with Crippen LogP contribution in [-0.4, -0.2) is 19.2 Å². The smallest absolute Gasteiger partial charge is 0.306 e. The van der Waals surface area contributed by atoms with Crippen molar-refractivity contribution in [2.24, 2.45) is 11.8 Å². The fourth-order valence-corrected chi connectivity index (χ4v) is 1.46. The third kappa shape index (κ3) is 4.86. The van der Waals surface area contributed by atoms with E-state index in [-0.39, 0.29) is 5.97 Å². The van der Waals surface area contributed by atoms with Gasteiger partial charge >= 0.3 is 5.97 Å². The van der Waals surface area contributed by atoms with Gasteiger partial charge in [-0.15, -0.1) is 0 Å². The quantitative estimate of drug-likeness (QED) is 0.579. The Kier molecular flexibility index (Phi) is 4.66. The average molecular weight is 212 g/mol. The van der Waals surface area contributed by atoms with Crippen molar-refractivity contribution in [2.45, 2.75) is 33.1 Å². The van der Waals surface area contributed by atoms with Crippen molar-refractivity contribution in [3.05, 3.63) is 12.3 Å². The van der Waals surface area contributed by atoms with E-state index in [1.54, 1.807) is 0 Å². The van der Waals surface area contributed by atoms with Gasteiger partial charge in [0.25, 0.3) is 0 Å². The maximum atomic E-state index is 10.2. The van der Waals surface area contributed by atoms with E-state index in [9.17, 15) is 4.79 Å². The van der Waals surface area contributed by atoms with Gasteiger partial charge in [0.1, 0.15) is 0 Å². The lowest BCUT2D eigenvalue weighted by Gasteiger charge is -2.20. The molecule has 0 radical (unpaired) electrons. The molecule has 0 aromatic heterocycles. The molecule has 0 spiro atoms. The van der Waals surface area contributed by atoms with E-state index in [1.165, 1.54) is 6.42 Å². The van der Waals surface area contributed by atoms with Crippen LogP contribution in [0.4, 0.5) is 0 Å². The number of hydrogen-bond donors (Lipinski definition) is 0.